The van der Waals surface area contributed by atoms with E-state index in [1.54, 1.807) is 0 Å². The molecule has 0 radical (unpaired) electrons. The monoisotopic (exact) mass is 228 g/mol. The summed E-state index contributed by atoms with van der Waals surface area (Å²) in [6, 6.07) is 10.6. The molecule has 88 valence electrons. The molecule has 1 aliphatic rings. The average molecular weight is 228 g/mol. The fourth-order valence-corrected chi connectivity index (χ4v) is 2.31. The van der Waals surface area contributed by atoms with Crippen LogP contribution < -0.4 is 4.90 Å². The lowest BCUT2D eigenvalue weighted by atomic mass is 10.1. The summed E-state index contributed by atoms with van der Waals surface area (Å²) < 4.78 is 5.37. The molecule has 1 fully saturated rings. The minimum atomic E-state index is 0.799. The molecule has 1 aliphatic heterocycles. The third-order valence-corrected chi connectivity index (χ3v) is 3.25. The highest BCUT2D eigenvalue weighted by molar-refractivity contribution is 5.86. The van der Waals surface area contributed by atoms with Gasteiger partial charge in [0.2, 0.25) is 0 Å². The maximum atomic E-state index is 5.37. The zero-order valence-corrected chi connectivity index (χ0v) is 10.0. The summed E-state index contributed by atoms with van der Waals surface area (Å²) in [5.74, 6) is 1.07. The van der Waals surface area contributed by atoms with Gasteiger partial charge in [0.1, 0.15) is 5.82 Å². The maximum absolute atomic E-state index is 5.37. The maximum Gasteiger partial charge on any atom is 0.129 e. The molecule has 1 aromatic heterocycles. The van der Waals surface area contributed by atoms with Crippen molar-refractivity contribution in [3.8, 4) is 0 Å². The van der Waals surface area contributed by atoms with Crippen molar-refractivity contribution in [1.82, 2.24) is 4.98 Å². The largest absolute Gasteiger partial charge is 0.378 e. The van der Waals surface area contributed by atoms with E-state index in [1.807, 2.05) is 0 Å². The van der Waals surface area contributed by atoms with Crippen LogP contribution in [0.5, 0.6) is 0 Å². The fourth-order valence-electron chi connectivity index (χ4n) is 2.31. The highest BCUT2D eigenvalue weighted by Gasteiger charge is 2.13. The van der Waals surface area contributed by atoms with Gasteiger partial charge in [-0.15, -0.1) is 0 Å². The summed E-state index contributed by atoms with van der Waals surface area (Å²) >= 11 is 0. The molecule has 3 rings (SSSR count). The Labute approximate surface area is 101 Å². The lowest BCUT2D eigenvalue weighted by Gasteiger charge is -2.28. The van der Waals surface area contributed by atoms with Gasteiger partial charge in [-0.1, -0.05) is 24.3 Å². The molecule has 2 heterocycles. The summed E-state index contributed by atoms with van der Waals surface area (Å²) in [6.45, 7) is 5.54. The number of anilines is 1. The molecule has 1 saturated heterocycles. The third-order valence-electron chi connectivity index (χ3n) is 3.25. The number of ether oxygens (including phenoxy) is 1. The number of fused-ring (bicyclic) bond motifs is 1. The Kier molecular flexibility index (Phi) is 2.69. The lowest BCUT2D eigenvalue weighted by Crippen LogP contribution is -2.36. The molecule has 0 saturated carbocycles. The first kappa shape index (κ1) is 10.5. The van der Waals surface area contributed by atoms with Gasteiger partial charge in [0.25, 0.3) is 0 Å². The Morgan fingerprint density at radius 2 is 1.94 bits per heavy atom. The van der Waals surface area contributed by atoms with Crippen molar-refractivity contribution in [2.75, 3.05) is 31.2 Å². The first-order valence-corrected chi connectivity index (χ1v) is 6.04. The molecule has 0 spiro atoms. The smallest absolute Gasteiger partial charge is 0.129 e. The van der Waals surface area contributed by atoms with Gasteiger partial charge in [-0.3, -0.25) is 0 Å². The predicted molar refractivity (Wildman–Crippen MR) is 69.5 cm³/mol. The van der Waals surface area contributed by atoms with E-state index in [2.05, 4.69) is 42.2 Å². The van der Waals surface area contributed by atoms with E-state index in [-0.39, 0.29) is 0 Å². The number of pyridine rings is 1. The van der Waals surface area contributed by atoms with E-state index in [4.69, 9.17) is 9.72 Å². The fraction of sp³-hybridized carbons (Fsp3) is 0.357. The number of morpholine rings is 1. The number of hydrogen-bond acceptors (Lipinski definition) is 3. The summed E-state index contributed by atoms with van der Waals surface area (Å²) in [5.41, 5.74) is 1.10. The van der Waals surface area contributed by atoms with E-state index in [0.29, 0.717) is 0 Å². The molecule has 0 N–H and O–H groups in total. The summed E-state index contributed by atoms with van der Waals surface area (Å²) in [4.78, 5) is 6.99. The van der Waals surface area contributed by atoms with Crippen LogP contribution in [-0.2, 0) is 4.74 Å². The van der Waals surface area contributed by atoms with Crippen LogP contribution in [0.4, 0.5) is 5.82 Å². The summed E-state index contributed by atoms with van der Waals surface area (Å²) in [6.07, 6.45) is 0. The van der Waals surface area contributed by atoms with E-state index in [0.717, 1.165) is 37.8 Å². The van der Waals surface area contributed by atoms with Gasteiger partial charge < -0.3 is 9.64 Å². The number of hydrogen-bond donors (Lipinski definition) is 0. The van der Waals surface area contributed by atoms with Gasteiger partial charge in [0, 0.05) is 24.2 Å². The van der Waals surface area contributed by atoms with E-state index in [9.17, 15) is 0 Å². The molecule has 3 heteroatoms. The van der Waals surface area contributed by atoms with Gasteiger partial charge in [0.05, 0.1) is 13.2 Å². The van der Waals surface area contributed by atoms with Crippen LogP contribution in [-0.4, -0.2) is 31.3 Å². The molecule has 0 atom stereocenters. The molecular formula is C14H16N2O. The van der Waals surface area contributed by atoms with Crippen molar-refractivity contribution in [2.45, 2.75) is 6.92 Å². The summed E-state index contributed by atoms with van der Waals surface area (Å²) in [7, 11) is 0. The van der Waals surface area contributed by atoms with Crippen molar-refractivity contribution < 1.29 is 4.74 Å². The Hall–Kier alpha value is -1.61. The van der Waals surface area contributed by atoms with Crippen molar-refractivity contribution in [1.29, 1.82) is 0 Å². The van der Waals surface area contributed by atoms with Crippen LogP contribution in [0.25, 0.3) is 10.8 Å². The Morgan fingerprint density at radius 3 is 2.76 bits per heavy atom. The molecule has 0 amide bonds. The standard InChI is InChI=1S/C14H16N2O/c1-11-13-5-3-2-4-12(13)10-14(15-11)16-6-8-17-9-7-16/h2-5,10H,6-9H2,1H3. The van der Waals surface area contributed by atoms with Gasteiger partial charge in [-0.2, -0.15) is 0 Å². The number of rotatable bonds is 1. The summed E-state index contributed by atoms with van der Waals surface area (Å²) in [5, 5.41) is 2.51. The van der Waals surface area contributed by atoms with Gasteiger partial charge in [-0.05, 0) is 18.4 Å². The van der Waals surface area contributed by atoms with E-state index in [1.165, 1.54) is 10.8 Å². The Balaban J connectivity index is 2.05. The molecule has 1 aromatic carbocycles. The minimum Gasteiger partial charge on any atom is -0.378 e. The molecule has 0 bridgehead atoms. The molecular weight excluding hydrogens is 212 g/mol. The highest BCUT2D eigenvalue weighted by Crippen LogP contribution is 2.22. The zero-order valence-electron chi connectivity index (χ0n) is 10.0. The van der Waals surface area contributed by atoms with Crippen LogP contribution in [0, 0.1) is 6.92 Å². The van der Waals surface area contributed by atoms with Gasteiger partial charge >= 0.3 is 0 Å². The van der Waals surface area contributed by atoms with Crippen molar-refractivity contribution >= 4 is 16.6 Å². The first-order chi connectivity index (χ1) is 8.34. The lowest BCUT2D eigenvalue weighted by molar-refractivity contribution is 0.122. The van der Waals surface area contributed by atoms with Crippen LogP contribution in [0.1, 0.15) is 5.69 Å². The number of nitrogens with zero attached hydrogens (tertiary/aromatic N) is 2. The Bertz CT molecular complexity index is 533. The molecule has 3 nitrogen and oxygen atoms in total. The van der Waals surface area contributed by atoms with E-state index >= 15 is 0 Å². The molecule has 0 unspecified atom stereocenters. The van der Waals surface area contributed by atoms with Crippen LogP contribution in [0.3, 0.4) is 0 Å². The Morgan fingerprint density at radius 1 is 1.18 bits per heavy atom. The molecule has 2 aromatic rings. The van der Waals surface area contributed by atoms with Gasteiger partial charge in [-0.25, -0.2) is 4.98 Å². The van der Waals surface area contributed by atoms with Gasteiger partial charge in [0.15, 0.2) is 0 Å². The van der Waals surface area contributed by atoms with Crippen molar-refractivity contribution in [3.05, 3.63) is 36.0 Å². The normalized spacial score (nSPS) is 16.4. The molecule has 0 aliphatic carbocycles. The SMILES string of the molecule is Cc1nc(N2CCOCC2)cc2ccccc12. The van der Waals surface area contributed by atoms with Crippen LogP contribution in [0.2, 0.25) is 0 Å². The first-order valence-electron chi connectivity index (χ1n) is 6.04. The number of aryl methyl sites for hydroxylation is 1. The highest BCUT2D eigenvalue weighted by atomic mass is 16.5. The second kappa shape index (κ2) is 4.34. The second-order valence-electron chi connectivity index (χ2n) is 4.39. The predicted octanol–water partition coefficient (Wildman–Crippen LogP) is 2.38. The van der Waals surface area contributed by atoms with Crippen LogP contribution >= 0.6 is 0 Å². The quantitative estimate of drug-likeness (QED) is 0.749. The second-order valence-corrected chi connectivity index (χ2v) is 4.39. The van der Waals surface area contributed by atoms with E-state index < -0.39 is 0 Å². The topological polar surface area (TPSA) is 25.4 Å². The zero-order chi connectivity index (χ0) is 11.7. The minimum absolute atomic E-state index is 0.799. The average Bonchev–Trinajstić information content (AvgIpc) is 2.40. The van der Waals surface area contributed by atoms with Crippen molar-refractivity contribution in [3.63, 3.8) is 0 Å². The van der Waals surface area contributed by atoms with Crippen molar-refractivity contribution in [2.24, 2.45) is 0 Å². The third kappa shape index (κ3) is 1.98. The number of aromatic nitrogens is 1. The van der Waals surface area contributed by atoms with Crippen LogP contribution in [0.15, 0.2) is 30.3 Å². The molecule has 17 heavy (non-hydrogen) atoms. The number of benzene rings is 1.